The van der Waals surface area contributed by atoms with Crippen LogP contribution < -0.4 is 15.1 Å². The predicted molar refractivity (Wildman–Crippen MR) is 140 cm³/mol. The van der Waals surface area contributed by atoms with Gasteiger partial charge in [-0.2, -0.15) is 4.57 Å². The fourth-order valence-corrected chi connectivity index (χ4v) is 5.32. The quantitative estimate of drug-likeness (QED) is 0.158. The van der Waals surface area contributed by atoms with E-state index in [1.807, 2.05) is 30.4 Å². The van der Waals surface area contributed by atoms with Crippen molar-refractivity contribution >= 4 is 66.3 Å². The lowest BCUT2D eigenvalue weighted by atomic mass is 10.1. The van der Waals surface area contributed by atoms with E-state index in [1.165, 1.54) is 10.2 Å². The Kier molecular flexibility index (Phi) is 6.82. The summed E-state index contributed by atoms with van der Waals surface area (Å²) in [5.74, 6) is 0. The van der Waals surface area contributed by atoms with Crippen molar-refractivity contribution in [3.63, 3.8) is 0 Å². The molecule has 0 aliphatic rings. The van der Waals surface area contributed by atoms with Crippen LogP contribution in [0.4, 0.5) is 5.69 Å². The summed E-state index contributed by atoms with van der Waals surface area (Å²) in [6, 6.07) is 16.6. The number of nitrogens with zero attached hydrogens (tertiary/aromatic N) is 2. The van der Waals surface area contributed by atoms with Crippen LogP contribution in [-0.2, 0) is 0 Å². The van der Waals surface area contributed by atoms with Gasteiger partial charge in [-0.3, -0.25) is 0 Å². The summed E-state index contributed by atoms with van der Waals surface area (Å²) < 4.78 is 9.24. The monoisotopic (exact) mass is 511 g/mol. The van der Waals surface area contributed by atoms with Crippen LogP contribution in [0, 0.1) is 0 Å². The highest BCUT2D eigenvalue weighted by molar-refractivity contribution is 9.09. The second kappa shape index (κ2) is 9.59. The predicted octanol–water partition coefficient (Wildman–Crippen LogP) is 6.66. The standard InChI is InChI=1S/C26H28BrN2O2S/c1-5-28(6-2)21-13-11-19-15-20(26(30)31-23(19)16-21)12-14-25-29(18(4)17(3)27)22-9-7-8-10-24(22)32-25/h7-18H,5-6H2,1-4H3/q+1. The van der Waals surface area contributed by atoms with Crippen LogP contribution in [0.1, 0.15) is 44.3 Å². The van der Waals surface area contributed by atoms with Gasteiger partial charge in [0, 0.05) is 42.4 Å². The van der Waals surface area contributed by atoms with E-state index in [9.17, 15) is 4.79 Å². The Balaban J connectivity index is 1.75. The van der Waals surface area contributed by atoms with Crippen LogP contribution in [-0.4, -0.2) is 17.9 Å². The SMILES string of the molecule is CCN(CC)c1ccc2cc(C=Cc3sc4ccccc4[n+]3C(C)C(C)Br)c(=O)oc2c1. The minimum absolute atomic E-state index is 0.261. The topological polar surface area (TPSA) is 37.3 Å². The Labute approximate surface area is 200 Å². The van der Waals surface area contributed by atoms with Gasteiger partial charge in [-0.1, -0.05) is 39.4 Å². The average Bonchev–Trinajstić information content (AvgIpc) is 3.16. The van der Waals surface area contributed by atoms with Crippen LogP contribution >= 0.6 is 27.3 Å². The molecule has 2 atom stereocenters. The molecule has 0 saturated carbocycles. The first-order valence-electron chi connectivity index (χ1n) is 11.0. The molecule has 4 nitrogen and oxygen atoms in total. The van der Waals surface area contributed by atoms with Gasteiger partial charge in [0.05, 0.1) is 10.4 Å². The Morgan fingerprint density at radius 2 is 1.84 bits per heavy atom. The molecule has 2 heterocycles. The molecule has 0 bridgehead atoms. The van der Waals surface area contributed by atoms with E-state index in [0.717, 1.165) is 29.2 Å². The number of benzene rings is 2. The van der Waals surface area contributed by atoms with E-state index in [-0.39, 0.29) is 11.7 Å². The fourth-order valence-electron chi connectivity index (χ4n) is 3.94. The van der Waals surface area contributed by atoms with Gasteiger partial charge in [0.2, 0.25) is 5.52 Å². The van der Waals surface area contributed by atoms with Crippen molar-refractivity contribution in [2.24, 2.45) is 0 Å². The zero-order valence-electron chi connectivity index (χ0n) is 18.8. The number of para-hydroxylation sites is 1. The average molecular weight is 512 g/mol. The summed E-state index contributed by atoms with van der Waals surface area (Å²) in [5.41, 5.74) is 3.12. The van der Waals surface area contributed by atoms with Crippen molar-refractivity contribution in [2.75, 3.05) is 18.0 Å². The van der Waals surface area contributed by atoms with Gasteiger partial charge in [-0.15, -0.1) is 0 Å². The number of halogens is 1. The van der Waals surface area contributed by atoms with Gasteiger partial charge in [0.1, 0.15) is 10.3 Å². The van der Waals surface area contributed by atoms with E-state index >= 15 is 0 Å². The Bertz CT molecular complexity index is 1330. The molecule has 0 aliphatic heterocycles. The highest BCUT2D eigenvalue weighted by atomic mass is 79.9. The summed E-state index contributed by atoms with van der Waals surface area (Å²) in [6.45, 7) is 10.4. The molecule has 32 heavy (non-hydrogen) atoms. The number of alkyl halides is 1. The Hall–Kier alpha value is -2.44. The molecule has 0 saturated heterocycles. The largest absolute Gasteiger partial charge is 0.422 e. The van der Waals surface area contributed by atoms with Crippen LogP contribution in [0.2, 0.25) is 0 Å². The van der Waals surface area contributed by atoms with Gasteiger partial charge in [0.25, 0.3) is 5.01 Å². The van der Waals surface area contributed by atoms with Crippen LogP contribution in [0.3, 0.4) is 0 Å². The molecule has 2 aromatic carbocycles. The van der Waals surface area contributed by atoms with Gasteiger partial charge >= 0.3 is 5.63 Å². The summed E-state index contributed by atoms with van der Waals surface area (Å²) in [5, 5.41) is 2.02. The number of anilines is 1. The zero-order chi connectivity index (χ0) is 22.8. The van der Waals surface area contributed by atoms with Crippen molar-refractivity contribution in [3.05, 3.63) is 69.5 Å². The van der Waals surface area contributed by atoms with Crippen molar-refractivity contribution in [2.45, 2.75) is 38.6 Å². The van der Waals surface area contributed by atoms with E-state index in [4.69, 9.17) is 4.42 Å². The third-order valence-electron chi connectivity index (χ3n) is 5.93. The number of thiazole rings is 1. The van der Waals surface area contributed by atoms with Crippen LogP contribution in [0.15, 0.2) is 57.7 Å². The molecule has 0 spiro atoms. The molecule has 166 valence electrons. The number of hydrogen-bond acceptors (Lipinski definition) is 4. The second-order valence-electron chi connectivity index (χ2n) is 7.91. The lowest BCUT2D eigenvalue weighted by Gasteiger charge is -2.20. The molecule has 4 rings (SSSR count). The first-order chi connectivity index (χ1) is 15.4. The third-order valence-corrected chi connectivity index (χ3v) is 7.80. The highest BCUT2D eigenvalue weighted by Gasteiger charge is 2.27. The molecule has 0 aliphatic carbocycles. The molecular formula is C26H28BrN2O2S+. The normalized spacial score (nSPS) is 13.8. The molecule has 0 radical (unpaired) electrons. The smallest absolute Gasteiger partial charge is 0.343 e. The van der Waals surface area contributed by atoms with Crippen molar-refractivity contribution in [1.82, 2.24) is 0 Å². The first-order valence-corrected chi connectivity index (χ1v) is 12.7. The maximum Gasteiger partial charge on any atom is 0.343 e. The summed E-state index contributed by atoms with van der Waals surface area (Å²) in [4.78, 5) is 15.3. The lowest BCUT2D eigenvalue weighted by Crippen LogP contribution is -2.42. The summed E-state index contributed by atoms with van der Waals surface area (Å²) >= 11 is 5.46. The third kappa shape index (κ3) is 4.39. The Morgan fingerprint density at radius 1 is 1.09 bits per heavy atom. The number of rotatable bonds is 7. The molecule has 2 unspecified atom stereocenters. The van der Waals surface area contributed by atoms with Crippen LogP contribution in [0.25, 0.3) is 33.3 Å². The maximum atomic E-state index is 12.7. The summed E-state index contributed by atoms with van der Waals surface area (Å²) in [7, 11) is 0. The van der Waals surface area contributed by atoms with Crippen molar-refractivity contribution < 1.29 is 8.98 Å². The van der Waals surface area contributed by atoms with E-state index in [0.29, 0.717) is 16.0 Å². The Morgan fingerprint density at radius 3 is 2.56 bits per heavy atom. The maximum absolute atomic E-state index is 12.7. The number of aromatic nitrogens is 1. The lowest BCUT2D eigenvalue weighted by molar-refractivity contribution is -0.691. The number of hydrogen-bond donors (Lipinski definition) is 0. The molecule has 0 amide bonds. The van der Waals surface area contributed by atoms with Crippen LogP contribution in [0.5, 0.6) is 0 Å². The summed E-state index contributed by atoms with van der Waals surface area (Å²) in [6.07, 6.45) is 3.90. The van der Waals surface area contributed by atoms with Gasteiger partial charge in [-0.05, 0) is 58.0 Å². The highest BCUT2D eigenvalue weighted by Crippen LogP contribution is 2.27. The minimum Gasteiger partial charge on any atom is -0.422 e. The second-order valence-corrected chi connectivity index (χ2v) is 10.4. The molecule has 0 N–H and O–H groups in total. The van der Waals surface area contributed by atoms with Gasteiger partial charge in [0.15, 0.2) is 6.04 Å². The first kappa shape index (κ1) is 22.7. The van der Waals surface area contributed by atoms with E-state index < -0.39 is 0 Å². The van der Waals surface area contributed by atoms with Gasteiger partial charge in [-0.25, -0.2) is 4.79 Å². The molecule has 2 aromatic heterocycles. The minimum atomic E-state index is -0.319. The van der Waals surface area contributed by atoms with Crippen molar-refractivity contribution in [3.8, 4) is 0 Å². The van der Waals surface area contributed by atoms with E-state index in [2.05, 4.69) is 83.4 Å². The van der Waals surface area contributed by atoms with Gasteiger partial charge < -0.3 is 9.32 Å². The van der Waals surface area contributed by atoms with E-state index in [1.54, 1.807) is 11.3 Å². The molecular weight excluding hydrogens is 484 g/mol. The van der Waals surface area contributed by atoms with Crippen molar-refractivity contribution in [1.29, 1.82) is 0 Å². The molecule has 4 aromatic rings. The molecule has 0 fully saturated rings. The fraction of sp³-hybridized carbons (Fsp3) is 0.308. The molecule has 6 heteroatoms. The number of fused-ring (bicyclic) bond motifs is 2. The zero-order valence-corrected chi connectivity index (χ0v) is 21.2.